The molecule has 1 atom stereocenters. The number of allylic oxidation sites excluding steroid dienone is 3. The molecule has 2 aromatic rings. The lowest BCUT2D eigenvalue weighted by Crippen LogP contribution is -2.38. The molecule has 0 aromatic heterocycles. The molecule has 1 aliphatic carbocycles. The highest BCUT2D eigenvalue weighted by molar-refractivity contribution is 14.1. The number of esters is 1. The van der Waals surface area contributed by atoms with Crippen LogP contribution in [0.25, 0.3) is 0 Å². The normalized spacial score (nSPS) is 18.8. The van der Waals surface area contributed by atoms with Gasteiger partial charge in [0.2, 0.25) is 0 Å². The number of ether oxygens (including phenoxy) is 3. The van der Waals surface area contributed by atoms with E-state index in [1.807, 2.05) is 50.2 Å². The van der Waals surface area contributed by atoms with Crippen molar-refractivity contribution >= 4 is 45.9 Å². The number of dihydropyridines is 1. The Labute approximate surface area is 236 Å². The van der Waals surface area contributed by atoms with E-state index in [2.05, 4.69) is 41.8 Å². The summed E-state index contributed by atoms with van der Waals surface area (Å²) in [5.41, 5.74) is 4.07. The molecular formula is C29H31ClINO5. The van der Waals surface area contributed by atoms with Crippen LogP contribution >= 0.6 is 34.2 Å². The summed E-state index contributed by atoms with van der Waals surface area (Å²) in [6.45, 7) is 8.62. The Balaban J connectivity index is 1.82. The molecule has 0 amide bonds. The third-order valence-corrected chi connectivity index (χ3v) is 7.81. The van der Waals surface area contributed by atoms with E-state index in [9.17, 15) is 9.59 Å². The first-order valence-electron chi connectivity index (χ1n) is 12.2. The molecule has 0 spiro atoms. The summed E-state index contributed by atoms with van der Waals surface area (Å²) < 4.78 is 18.2. The Morgan fingerprint density at radius 1 is 1.19 bits per heavy atom. The molecule has 0 bridgehead atoms. The van der Waals surface area contributed by atoms with Gasteiger partial charge in [0, 0.05) is 39.9 Å². The molecule has 37 heavy (non-hydrogen) atoms. The number of carbonyl (C=O) groups is 2. The van der Waals surface area contributed by atoms with Gasteiger partial charge in [0.25, 0.3) is 0 Å². The van der Waals surface area contributed by atoms with Crippen molar-refractivity contribution in [3.63, 3.8) is 0 Å². The summed E-state index contributed by atoms with van der Waals surface area (Å²) in [6, 6.07) is 11.4. The molecule has 6 nitrogen and oxygen atoms in total. The monoisotopic (exact) mass is 635 g/mol. The van der Waals surface area contributed by atoms with Crippen molar-refractivity contribution < 1.29 is 23.8 Å². The predicted molar refractivity (Wildman–Crippen MR) is 152 cm³/mol. The molecule has 4 rings (SSSR count). The van der Waals surface area contributed by atoms with Crippen LogP contribution in [0.3, 0.4) is 0 Å². The molecule has 0 saturated carbocycles. The molecule has 1 heterocycles. The van der Waals surface area contributed by atoms with Gasteiger partial charge in [-0.1, -0.05) is 43.6 Å². The minimum atomic E-state index is -0.572. The van der Waals surface area contributed by atoms with E-state index in [4.69, 9.17) is 25.8 Å². The fraction of sp³-hybridized carbons (Fsp3) is 0.379. The Morgan fingerprint density at radius 3 is 2.59 bits per heavy atom. The van der Waals surface area contributed by atoms with Crippen LogP contribution in [-0.2, 0) is 20.9 Å². The zero-order chi connectivity index (χ0) is 26.9. The second kappa shape index (κ2) is 11.1. The lowest BCUT2D eigenvalue weighted by Gasteiger charge is -2.39. The summed E-state index contributed by atoms with van der Waals surface area (Å²) in [7, 11) is 1.36. The van der Waals surface area contributed by atoms with E-state index in [1.54, 1.807) is 0 Å². The Bertz CT molecular complexity index is 1310. The number of benzene rings is 2. The van der Waals surface area contributed by atoms with Gasteiger partial charge in [-0.15, -0.1) is 0 Å². The standard InChI is InChI=1S/C29H31ClINO5/c1-6-36-23-12-18(11-20(31)27(23)37-15-17-9-7-8-10-19(17)30)25-24(28(34)35-5)16(2)32-21-13-29(3,4)14-22(33)26(21)25/h7-12,25,32H,6,13-15H2,1-5H3/t25-/m0/s1. The van der Waals surface area contributed by atoms with Gasteiger partial charge in [0.15, 0.2) is 17.3 Å². The molecule has 0 unspecified atom stereocenters. The molecule has 2 aromatic carbocycles. The summed E-state index contributed by atoms with van der Waals surface area (Å²) in [4.78, 5) is 26.5. The molecule has 0 fully saturated rings. The largest absolute Gasteiger partial charge is 0.490 e. The third kappa shape index (κ3) is 5.67. The SMILES string of the molecule is CCOc1cc([C@H]2C(C(=O)OC)=C(C)NC3=C2C(=O)CC(C)(C)C3)cc(I)c1OCc1ccccc1Cl. The Morgan fingerprint density at radius 2 is 1.92 bits per heavy atom. The quantitative estimate of drug-likeness (QED) is 0.270. The Hall–Kier alpha value is -2.52. The second-order valence-electron chi connectivity index (χ2n) is 10.1. The fourth-order valence-corrected chi connectivity index (χ4v) is 6.04. The molecule has 1 aliphatic heterocycles. The van der Waals surface area contributed by atoms with Gasteiger partial charge in [-0.25, -0.2) is 4.79 Å². The van der Waals surface area contributed by atoms with Gasteiger partial charge >= 0.3 is 5.97 Å². The van der Waals surface area contributed by atoms with Crippen LogP contribution in [-0.4, -0.2) is 25.5 Å². The summed E-state index contributed by atoms with van der Waals surface area (Å²) >= 11 is 8.53. The van der Waals surface area contributed by atoms with E-state index in [0.29, 0.717) is 52.8 Å². The van der Waals surface area contributed by atoms with Crippen LogP contribution in [0.15, 0.2) is 58.9 Å². The van der Waals surface area contributed by atoms with E-state index in [-0.39, 0.29) is 17.8 Å². The summed E-state index contributed by atoms with van der Waals surface area (Å²) in [5.74, 6) is 0.127. The smallest absolute Gasteiger partial charge is 0.336 e. The van der Waals surface area contributed by atoms with Gasteiger partial charge in [-0.05, 0) is 72.0 Å². The maximum Gasteiger partial charge on any atom is 0.336 e. The number of methoxy groups -OCH3 is 1. The zero-order valence-electron chi connectivity index (χ0n) is 21.7. The molecular weight excluding hydrogens is 605 g/mol. The van der Waals surface area contributed by atoms with E-state index >= 15 is 0 Å². The van der Waals surface area contributed by atoms with Gasteiger partial charge < -0.3 is 19.5 Å². The van der Waals surface area contributed by atoms with Crippen LogP contribution in [0.1, 0.15) is 57.6 Å². The van der Waals surface area contributed by atoms with Crippen LogP contribution in [0.5, 0.6) is 11.5 Å². The maximum atomic E-state index is 13.5. The lowest BCUT2D eigenvalue weighted by atomic mass is 9.68. The average molecular weight is 636 g/mol. The van der Waals surface area contributed by atoms with Crippen molar-refractivity contribution in [3.05, 3.63) is 78.7 Å². The lowest BCUT2D eigenvalue weighted by molar-refractivity contribution is -0.136. The van der Waals surface area contributed by atoms with E-state index in [1.165, 1.54) is 7.11 Å². The number of nitrogens with one attached hydrogen (secondary N) is 1. The molecule has 8 heteroatoms. The van der Waals surface area contributed by atoms with Crippen molar-refractivity contribution in [2.24, 2.45) is 5.41 Å². The first-order valence-corrected chi connectivity index (χ1v) is 13.7. The first-order chi connectivity index (χ1) is 17.6. The third-order valence-electron chi connectivity index (χ3n) is 6.64. The minimum Gasteiger partial charge on any atom is -0.490 e. The highest BCUT2D eigenvalue weighted by atomic mass is 127. The van der Waals surface area contributed by atoms with Gasteiger partial charge in [-0.3, -0.25) is 4.79 Å². The summed E-state index contributed by atoms with van der Waals surface area (Å²) in [5, 5.41) is 3.97. The number of ketones is 1. The van der Waals surface area contributed by atoms with E-state index in [0.717, 1.165) is 20.4 Å². The Kier molecular flexibility index (Phi) is 8.23. The number of carbonyl (C=O) groups excluding carboxylic acids is 2. The van der Waals surface area contributed by atoms with E-state index < -0.39 is 11.9 Å². The predicted octanol–water partition coefficient (Wildman–Crippen LogP) is 6.70. The zero-order valence-corrected chi connectivity index (χ0v) is 24.6. The van der Waals surface area contributed by atoms with Crippen molar-refractivity contribution in [3.8, 4) is 11.5 Å². The van der Waals surface area contributed by atoms with Crippen LogP contribution in [0.4, 0.5) is 0 Å². The number of hydrogen-bond acceptors (Lipinski definition) is 6. The van der Waals surface area contributed by atoms with Crippen molar-refractivity contribution in [2.75, 3.05) is 13.7 Å². The van der Waals surface area contributed by atoms with Gasteiger partial charge in [0.1, 0.15) is 6.61 Å². The fourth-order valence-electron chi connectivity index (χ4n) is 5.07. The minimum absolute atomic E-state index is 0.0321. The molecule has 2 aliphatic rings. The van der Waals surface area contributed by atoms with Crippen molar-refractivity contribution in [1.82, 2.24) is 5.32 Å². The summed E-state index contributed by atoms with van der Waals surface area (Å²) in [6.07, 6.45) is 1.12. The van der Waals surface area contributed by atoms with Gasteiger partial charge in [-0.2, -0.15) is 0 Å². The maximum absolute atomic E-state index is 13.5. The van der Waals surface area contributed by atoms with Crippen molar-refractivity contribution in [1.29, 1.82) is 0 Å². The topological polar surface area (TPSA) is 73.9 Å². The number of hydrogen-bond donors (Lipinski definition) is 1. The van der Waals surface area contributed by atoms with Crippen molar-refractivity contribution in [2.45, 2.75) is 53.1 Å². The van der Waals surface area contributed by atoms with Crippen LogP contribution in [0.2, 0.25) is 5.02 Å². The van der Waals surface area contributed by atoms with Crippen LogP contribution < -0.4 is 14.8 Å². The molecule has 0 radical (unpaired) electrons. The van der Waals surface area contributed by atoms with Gasteiger partial charge in [0.05, 0.1) is 22.9 Å². The molecule has 196 valence electrons. The average Bonchev–Trinajstić information content (AvgIpc) is 2.82. The second-order valence-corrected chi connectivity index (χ2v) is 11.6. The number of rotatable bonds is 7. The molecule has 1 N–H and O–H groups in total. The highest BCUT2D eigenvalue weighted by Crippen LogP contribution is 2.48. The number of Topliss-reactive ketones (excluding diaryl/α,β-unsaturated/α-hetero) is 1. The van der Waals surface area contributed by atoms with Crippen LogP contribution in [0, 0.1) is 8.99 Å². The first kappa shape index (κ1) is 27.5. The molecule has 0 saturated heterocycles. The number of halogens is 2. The highest BCUT2D eigenvalue weighted by Gasteiger charge is 2.43.